The molecule has 3 aromatic heterocycles. The number of nitrogens with one attached hydrogen (secondary N) is 1. The molecule has 3 heterocycles. The summed E-state index contributed by atoms with van der Waals surface area (Å²) in [6.07, 6.45) is 2.16. The highest BCUT2D eigenvalue weighted by molar-refractivity contribution is 5.80. The van der Waals surface area contributed by atoms with Crippen LogP contribution in [0, 0.1) is 17.1 Å². The zero-order valence-electron chi connectivity index (χ0n) is 14.9. The summed E-state index contributed by atoms with van der Waals surface area (Å²) < 4.78 is 42.0. The summed E-state index contributed by atoms with van der Waals surface area (Å²) in [4.78, 5) is 4.26. The maximum atomic E-state index is 14.4. The lowest BCUT2D eigenvalue weighted by Crippen LogP contribution is -2.07. The molecule has 0 unspecified atom stereocenters. The van der Waals surface area contributed by atoms with Crippen molar-refractivity contribution in [2.45, 2.75) is 19.5 Å². The minimum Gasteiger partial charge on any atom is -0.323 e. The first kappa shape index (κ1) is 18.5. The second-order valence-electron chi connectivity index (χ2n) is 6.26. The van der Waals surface area contributed by atoms with Gasteiger partial charge in [-0.3, -0.25) is 9.36 Å². The van der Waals surface area contributed by atoms with Crippen molar-refractivity contribution in [3.05, 3.63) is 65.9 Å². The number of hydrogen-bond acceptors (Lipinski definition) is 5. The average molecular weight is 397 g/mol. The third kappa shape index (κ3) is 3.89. The summed E-state index contributed by atoms with van der Waals surface area (Å²) in [5.41, 5.74) is 1.00. The molecule has 4 rings (SSSR count). The topological polar surface area (TPSA) is 84.4 Å². The third-order valence-corrected chi connectivity index (χ3v) is 4.27. The van der Waals surface area contributed by atoms with E-state index in [9.17, 15) is 13.2 Å². The van der Waals surface area contributed by atoms with E-state index in [-0.39, 0.29) is 12.1 Å². The van der Waals surface area contributed by atoms with Gasteiger partial charge in [-0.15, -0.1) is 0 Å². The SMILES string of the molecule is N#Cc1cccc(Cn2ncc3cnc(Nc4ccn(CC(F)F)n4)cc32)c1F. The molecule has 0 bridgehead atoms. The van der Waals surface area contributed by atoms with E-state index in [0.717, 1.165) is 10.1 Å². The standard InChI is InChI=1S/C19H14F3N7/c20-16(21)11-28-5-4-17(27-28)26-18-6-15-14(8-24-18)9-25-29(15)10-13-3-1-2-12(7-23)19(13)22/h1-6,8-9,16H,10-11H2,(H,24,26,27). The first-order chi connectivity index (χ1) is 14.0. The van der Waals surface area contributed by atoms with E-state index in [1.54, 1.807) is 41.3 Å². The highest BCUT2D eigenvalue weighted by atomic mass is 19.3. The molecular weight excluding hydrogens is 383 g/mol. The Morgan fingerprint density at radius 1 is 1.17 bits per heavy atom. The molecule has 146 valence electrons. The van der Waals surface area contributed by atoms with E-state index < -0.39 is 18.8 Å². The zero-order valence-corrected chi connectivity index (χ0v) is 14.9. The molecule has 4 aromatic rings. The van der Waals surface area contributed by atoms with E-state index in [4.69, 9.17) is 5.26 Å². The Kier molecular flexibility index (Phi) is 4.87. The minimum atomic E-state index is -2.49. The average Bonchev–Trinajstić information content (AvgIpc) is 3.30. The van der Waals surface area contributed by atoms with Crippen molar-refractivity contribution < 1.29 is 13.2 Å². The van der Waals surface area contributed by atoms with E-state index in [2.05, 4.69) is 20.5 Å². The largest absolute Gasteiger partial charge is 0.323 e. The number of aromatic nitrogens is 5. The molecule has 29 heavy (non-hydrogen) atoms. The van der Waals surface area contributed by atoms with Gasteiger partial charge in [-0.2, -0.15) is 15.5 Å². The molecule has 0 aliphatic rings. The Morgan fingerprint density at radius 2 is 2.03 bits per heavy atom. The van der Waals surface area contributed by atoms with Crippen LogP contribution in [0.4, 0.5) is 24.8 Å². The molecule has 0 saturated carbocycles. The molecule has 0 saturated heterocycles. The molecule has 0 aliphatic carbocycles. The van der Waals surface area contributed by atoms with Crippen LogP contribution in [-0.2, 0) is 13.1 Å². The molecule has 1 aromatic carbocycles. The van der Waals surface area contributed by atoms with Gasteiger partial charge in [0.1, 0.15) is 24.2 Å². The van der Waals surface area contributed by atoms with Gasteiger partial charge >= 0.3 is 0 Å². The van der Waals surface area contributed by atoms with Crippen molar-refractivity contribution in [3.8, 4) is 6.07 Å². The number of hydrogen-bond donors (Lipinski definition) is 1. The normalized spacial score (nSPS) is 11.1. The van der Waals surface area contributed by atoms with Gasteiger partial charge in [0.2, 0.25) is 0 Å². The Labute approximate surface area is 163 Å². The van der Waals surface area contributed by atoms with Crippen LogP contribution in [0.5, 0.6) is 0 Å². The van der Waals surface area contributed by atoms with Gasteiger partial charge in [0.15, 0.2) is 5.82 Å². The van der Waals surface area contributed by atoms with Gasteiger partial charge < -0.3 is 5.32 Å². The van der Waals surface area contributed by atoms with E-state index in [1.807, 2.05) is 6.07 Å². The smallest absolute Gasteiger partial charge is 0.257 e. The number of rotatable bonds is 6. The molecular formula is C19H14F3N7. The molecule has 0 radical (unpaired) electrons. The Bertz CT molecular complexity index is 1210. The first-order valence-corrected chi connectivity index (χ1v) is 8.61. The summed E-state index contributed by atoms with van der Waals surface area (Å²) in [5.74, 6) is 0.236. The summed E-state index contributed by atoms with van der Waals surface area (Å²) in [5, 5.41) is 21.0. The van der Waals surface area contributed by atoms with Crippen molar-refractivity contribution in [1.29, 1.82) is 5.26 Å². The Morgan fingerprint density at radius 3 is 2.83 bits per heavy atom. The van der Waals surface area contributed by atoms with Gasteiger partial charge in [0.05, 0.1) is 23.8 Å². The number of nitrogens with zero attached hydrogens (tertiary/aromatic N) is 6. The van der Waals surface area contributed by atoms with Crippen LogP contribution in [0.3, 0.4) is 0 Å². The number of alkyl halides is 2. The van der Waals surface area contributed by atoms with E-state index in [1.165, 1.54) is 12.3 Å². The highest BCUT2D eigenvalue weighted by Gasteiger charge is 2.12. The molecule has 0 aliphatic heterocycles. The predicted molar refractivity (Wildman–Crippen MR) is 99.3 cm³/mol. The fraction of sp³-hybridized carbons (Fsp3) is 0.158. The zero-order chi connectivity index (χ0) is 20.4. The van der Waals surface area contributed by atoms with Gasteiger partial charge in [0.25, 0.3) is 6.43 Å². The highest BCUT2D eigenvalue weighted by Crippen LogP contribution is 2.21. The summed E-state index contributed by atoms with van der Waals surface area (Å²) >= 11 is 0. The number of anilines is 2. The van der Waals surface area contributed by atoms with Crippen molar-refractivity contribution in [2.75, 3.05) is 5.32 Å². The fourth-order valence-electron chi connectivity index (χ4n) is 2.92. The van der Waals surface area contributed by atoms with Crippen LogP contribution in [0.1, 0.15) is 11.1 Å². The van der Waals surface area contributed by atoms with Gasteiger partial charge in [-0.25, -0.2) is 18.2 Å². The fourth-order valence-corrected chi connectivity index (χ4v) is 2.92. The molecule has 10 heteroatoms. The van der Waals surface area contributed by atoms with Crippen molar-refractivity contribution in [3.63, 3.8) is 0 Å². The maximum absolute atomic E-state index is 14.4. The molecule has 0 amide bonds. The molecule has 1 N–H and O–H groups in total. The number of fused-ring (bicyclic) bond motifs is 1. The van der Waals surface area contributed by atoms with Crippen LogP contribution in [-0.4, -0.2) is 31.0 Å². The van der Waals surface area contributed by atoms with E-state index >= 15 is 0 Å². The summed E-state index contributed by atoms with van der Waals surface area (Å²) in [7, 11) is 0. The van der Waals surface area contributed by atoms with Gasteiger partial charge in [0, 0.05) is 35.5 Å². The first-order valence-electron chi connectivity index (χ1n) is 8.61. The number of benzene rings is 1. The van der Waals surface area contributed by atoms with Gasteiger partial charge in [-0.1, -0.05) is 12.1 Å². The second-order valence-corrected chi connectivity index (χ2v) is 6.26. The van der Waals surface area contributed by atoms with Crippen molar-refractivity contribution in [2.24, 2.45) is 0 Å². The Balaban J connectivity index is 1.60. The molecule has 0 spiro atoms. The number of nitriles is 1. The van der Waals surface area contributed by atoms with Crippen LogP contribution >= 0.6 is 0 Å². The van der Waals surface area contributed by atoms with Crippen molar-refractivity contribution in [1.82, 2.24) is 24.5 Å². The van der Waals surface area contributed by atoms with Crippen LogP contribution in [0.25, 0.3) is 10.9 Å². The van der Waals surface area contributed by atoms with E-state index in [0.29, 0.717) is 22.7 Å². The predicted octanol–water partition coefficient (Wildman–Crippen LogP) is 3.70. The van der Waals surface area contributed by atoms with Gasteiger partial charge in [-0.05, 0) is 6.07 Å². The summed E-state index contributed by atoms with van der Waals surface area (Å²) in [6, 6.07) is 9.73. The van der Waals surface area contributed by atoms with Crippen LogP contribution in [0.2, 0.25) is 0 Å². The minimum absolute atomic E-state index is 0.0256. The second kappa shape index (κ2) is 7.63. The molecule has 0 atom stereocenters. The molecule has 0 fully saturated rings. The maximum Gasteiger partial charge on any atom is 0.257 e. The summed E-state index contributed by atoms with van der Waals surface area (Å²) in [6.45, 7) is -0.356. The quantitative estimate of drug-likeness (QED) is 0.536. The molecule has 7 nitrogen and oxygen atoms in total. The lowest BCUT2D eigenvalue weighted by atomic mass is 10.1. The van der Waals surface area contributed by atoms with Crippen molar-refractivity contribution >= 4 is 22.5 Å². The lowest BCUT2D eigenvalue weighted by Gasteiger charge is -2.07. The Hall–Kier alpha value is -3.87. The monoisotopic (exact) mass is 397 g/mol. The number of pyridine rings is 1. The number of halogens is 3. The third-order valence-electron chi connectivity index (χ3n) is 4.27. The lowest BCUT2D eigenvalue weighted by molar-refractivity contribution is 0.122. The van der Waals surface area contributed by atoms with Crippen LogP contribution in [0.15, 0.2) is 48.9 Å². The van der Waals surface area contributed by atoms with Crippen LogP contribution < -0.4 is 5.32 Å².